The molecule has 0 radical (unpaired) electrons. The minimum atomic E-state index is -0.916. The highest BCUT2D eigenvalue weighted by molar-refractivity contribution is 9.10. The van der Waals surface area contributed by atoms with Crippen LogP contribution in [0.15, 0.2) is 46.9 Å². The molecule has 0 aromatic heterocycles. The van der Waals surface area contributed by atoms with Crippen LogP contribution in [0.2, 0.25) is 0 Å². The number of hydrogen-bond donors (Lipinski definition) is 4. The van der Waals surface area contributed by atoms with Crippen LogP contribution in [0.3, 0.4) is 0 Å². The zero-order valence-corrected chi connectivity index (χ0v) is 25.8. The summed E-state index contributed by atoms with van der Waals surface area (Å²) in [4.78, 5) is 50.0. The molecule has 2 aromatic rings. The van der Waals surface area contributed by atoms with Gasteiger partial charge in [-0.25, -0.2) is 14.0 Å². The van der Waals surface area contributed by atoms with Gasteiger partial charge in [0.1, 0.15) is 17.5 Å². The van der Waals surface area contributed by atoms with Crippen LogP contribution in [0, 0.1) is 17.7 Å². The van der Waals surface area contributed by atoms with Gasteiger partial charge in [-0.3, -0.25) is 14.9 Å². The second kappa shape index (κ2) is 15.0. The number of anilines is 2. The molecule has 1 saturated carbocycles. The zero-order chi connectivity index (χ0) is 30.9. The Morgan fingerprint density at radius 1 is 0.976 bits per heavy atom. The van der Waals surface area contributed by atoms with Crippen molar-refractivity contribution in [1.82, 2.24) is 10.6 Å². The van der Waals surface area contributed by atoms with E-state index >= 15 is 0 Å². The number of nitrogens with one attached hydrogen (secondary N) is 4. The van der Waals surface area contributed by atoms with E-state index in [4.69, 9.17) is 4.74 Å². The van der Waals surface area contributed by atoms with E-state index in [2.05, 4.69) is 41.9 Å². The molecular formula is C30H38BrFN4O6. The Morgan fingerprint density at radius 2 is 1.64 bits per heavy atom. The van der Waals surface area contributed by atoms with Crippen molar-refractivity contribution < 1.29 is 33.0 Å². The van der Waals surface area contributed by atoms with Crippen molar-refractivity contribution >= 4 is 51.3 Å². The van der Waals surface area contributed by atoms with Crippen molar-refractivity contribution in [3.63, 3.8) is 0 Å². The van der Waals surface area contributed by atoms with Crippen molar-refractivity contribution in [3.8, 4) is 0 Å². The molecule has 1 aliphatic carbocycles. The van der Waals surface area contributed by atoms with Gasteiger partial charge in [-0.1, -0.05) is 28.1 Å². The van der Waals surface area contributed by atoms with Crippen molar-refractivity contribution in [2.24, 2.45) is 11.8 Å². The molecule has 0 unspecified atom stereocenters. The Labute approximate surface area is 253 Å². The molecule has 4 N–H and O–H groups in total. The van der Waals surface area contributed by atoms with Gasteiger partial charge in [0.05, 0.1) is 12.8 Å². The molecule has 0 heterocycles. The summed E-state index contributed by atoms with van der Waals surface area (Å²) in [7, 11) is 1.16. The van der Waals surface area contributed by atoms with E-state index in [0.717, 1.165) is 36.1 Å². The number of ether oxygens (including phenoxy) is 2. The molecule has 42 heavy (non-hydrogen) atoms. The fourth-order valence-corrected chi connectivity index (χ4v) is 4.87. The standard InChI is InChI=1S/C30H38BrFN4O6/c1-30(2,3)42-28(39)33-17-19-5-9-20(10-6-19)26(37)35-25(15-18-7-11-21(31)12-8-18)27(38)34-22-13-14-24(23(32)16-22)36-29(40)41-4/h7-8,11-14,16,19-20,25H,5-6,9-10,15,17H2,1-4H3,(H,33,39)(H,34,38)(H,35,37)(H,36,40)/t19-,20-,25-/m0/s1. The van der Waals surface area contributed by atoms with Gasteiger partial charge in [0.15, 0.2) is 0 Å². The Kier molecular flexibility index (Phi) is 11.7. The van der Waals surface area contributed by atoms with Crippen molar-refractivity contribution in [3.05, 3.63) is 58.3 Å². The maximum atomic E-state index is 14.5. The van der Waals surface area contributed by atoms with Crippen molar-refractivity contribution in [2.75, 3.05) is 24.3 Å². The quantitative estimate of drug-likeness (QED) is 0.273. The number of carbonyl (C=O) groups is 4. The maximum absolute atomic E-state index is 14.5. The number of methoxy groups -OCH3 is 1. The van der Waals surface area contributed by atoms with Gasteiger partial charge in [0, 0.05) is 29.0 Å². The number of carbonyl (C=O) groups excluding carboxylic acids is 4. The Hall–Kier alpha value is -3.67. The number of rotatable bonds is 9. The lowest BCUT2D eigenvalue weighted by molar-refractivity contribution is -0.130. The average Bonchev–Trinajstić information content (AvgIpc) is 2.93. The highest BCUT2D eigenvalue weighted by Crippen LogP contribution is 2.29. The van der Waals surface area contributed by atoms with E-state index in [1.807, 2.05) is 24.3 Å². The lowest BCUT2D eigenvalue weighted by atomic mass is 9.81. The Bertz CT molecular complexity index is 1260. The van der Waals surface area contributed by atoms with E-state index in [-0.39, 0.29) is 35.5 Å². The molecule has 4 amide bonds. The van der Waals surface area contributed by atoms with Gasteiger partial charge >= 0.3 is 12.2 Å². The van der Waals surface area contributed by atoms with Crippen LogP contribution in [-0.2, 0) is 25.5 Å². The smallest absolute Gasteiger partial charge is 0.411 e. The third kappa shape index (κ3) is 10.6. The van der Waals surface area contributed by atoms with Gasteiger partial charge in [0.2, 0.25) is 11.8 Å². The highest BCUT2D eigenvalue weighted by Gasteiger charge is 2.30. The molecule has 1 atom stereocenters. The molecule has 0 spiro atoms. The number of amides is 4. The normalized spacial score (nSPS) is 17.4. The van der Waals surface area contributed by atoms with E-state index < -0.39 is 35.6 Å². The number of halogens is 2. The van der Waals surface area contributed by atoms with Crippen LogP contribution in [0.25, 0.3) is 0 Å². The van der Waals surface area contributed by atoms with Crippen LogP contribution < -0.4 is 21.3 Å². The van der Waals surface area contributed by atoms with Crippen LogP contribution >= 0.6 is 15.9 Å². The summed E-state index contributed by atoms with van der Waals surface area (Å²) in [6.45, 7) is 5.89. The van der Waals surface area contributed by atoms with E-state index in [1.165, 1.54) is 12.1 Å². The molecule has 0 saturated heterocycles. The first-order valence-corrected chi connectivity index (χ1v) is 14.6. The molecule has 12 heteroatoms. The fraction of sp³-hybridized carbons (Fsp3) is 0.467. The summed E-state index contributed by atoms with van der Waals surface area (Å²) < 4.78 is 25.2. The largest absolute Gasteiger partial charge is 0.453 e. The van der Waals surface area contributed by atoms with E-state index in [0.29, 0.717) is 19.4 Å². The first-order valence-electron chi connectivity index (χ1n) is 13.8. The molecule has 1 aliphatic rings. The minimum Gasteiger partial charge on any atom is -0.453 e. The molecule has 1 fully saturated rings. The maximum Gasteiger partial charge on any atom is 0.411 e. The van der Waals surface area contributed by atoms with Crippen LogP contribution in [0.5, 0.6) is 0 Å². The fourth-order valence-electron chi connectivity index (χ4n) is 4.61. The summed E-state index contributed by atoms with van der Waals surface area (Å²) in [5, 5.41) is 10.6. The average molecular weight is 650 g/mol. The summed E-state index contributed by atoms with van der Waals surface area (Å²) in [5.41, 5.74) is 0.329. The van der Waals surface area contributed by atoms with Gasteiger partial charge in [0.25, 0.3) is 0 Å². The van der Waals surface area contributed by atoms with Crippen LogP contribution in [-0.4, -0.2) is 49.3 Å². The summed E-state index contributed by atoms with van der Waals surface area (Å²) in [5.74, 6) is -1.53. The lowest BCUT2D eigenvalue weighted by Crippen LogP contribution is -2.48. The van der Waals surface area contributed by atoms with E-state index in [9.17, 15) is 23.6 Å². The molecular weight excluding hydrogens is 611 g/mol. The highest BCUT2D eigenvalue weighted by atomic mass is 79.9. The zero-order valence-electron chi connectivity index (χ0n) is 24.2. The SMILES string of the molecule is COC(=O)Nc1ccc(NC(=O)[C@H](Cc2ccc(Br)cc2)NC(=O)[C@H]2CC[C@H](CNC(=O)OC(C)(C)C)CC2)cc1F. The van der Waals surface area contributed by atoms with Crippen LogP contribution in [0.4, 0.5) is 25.4 Å². The van der Waals surface area contributed by atoms with Crippen molar-refractivity contribution in [1.29, 1.82) is 0 Å². The third-order valence-electron chi connectivity index (χ3n) is 6.80. The minimum absolute atomic E-state index is 0.100. The summed E-state index contributed by atoms with van der Waals surface area (Å²) >= 11 is 3.40. The van der Waals surface area contributed by atoms with Gasteiger partial charge in [-0.15, -0.1) is 0 Å². The van der Waals surface area contributed by atoms with Gasteiger partial charge < -0.3 is 25.4 Å². The number of alkyl carbamates (subject to hydrolysis) is 1. The Balaban J connectivity index is 1.62. The monoisotopic (exact) mass is 648 g/mol. The van der Waals surface area contributed by atoms with Gasteiger partial charge in [-0.2, -0.15) is 0 Å². The second-order valence-corrected chi connectivity index (χ2v) is 12.2. The molecule has 0 bridgehead atoms. The summed E-state index contributed by atoms with van der Waals surface area (Å²) in [6, 6.07) is 10.3. The van der Waals surface area contributed by atoms with Crippen molar-refractivity contribution in [2.45, 2.75) is 64.5 Å². The molecule has 2 aromatic carbocycles. The predicted octanol–water partition coefficient (Wildman–Crippen LogP) is 5.76. The number of hydrogen-bond acceptors (Lipinski definition) is 6. The molecule has 3 rings (SSSR count). The second-order valence-electron chi connectivity index (χ2n) is 11.3. The first-order chi connectivity index (χ1) is 19.8. The van der Waals surface area contributed by atoms with E-state index in [1.54, 1.807) is 20.8 Å². The first kappa shape index (κ1) is 32.8. The number of benzene rings is 2. The van der Waals surface area contributed by atoms with Crippen LogP contribution in [0.1, 0.15) is 52.0 Å². The third-order valence-corrected chi connectivity index (χ3v) is 7.32. The Morgan fingerprint density at radius 3 is 2.24 bits per heavy atom. The topological polar surface area (TPSA) is 135 Å². The molecule has 10 nitrogen and oxygen atoms in total. The summed E-state index contributed by atoms with van der Waals surface area (Å²) in [6.07, 6.45) is 1.70. The lowest BCUT2D eigenvalue weighted by Gasteiger charge is -2.29. The predicted molar refractivity (Wildman–Crippen MR) is 161 cm³/mol. The molecule has 0 aliphatic heterocycles. The molecule has 228 valence electrons. The van der Waals surface area contributed by atoms with Gasteiger partial charge in [-0.05, 0) is 88.3 Å².